The summed E-state index contributed by atoms with van der Waals surface area (Å²) in [5.41, 5.74) is 4.71. The third kappa shape index (κ3) is 6.27. The number of benzene rings is 2. The van der Waals surface area contributed by atoms with Crippen molar-refractivity contribution in [2.75, 3.05) is 19.6 Å². The second-order valence-electron chi connectivity index (χ2n) is 10.2. The lowest BCUT2D eigenvalue weighted by Gasteiger charge is -2.36. The lowest BCUT2D eigenvalue weighted by molar-refractivity contribution is 0.0336. The summed E-state index contributed by atoms with van der Waals surface area (Å²) in [5, 5.41) is 1.36. The van der Waals surface area contributed by atoms with Crippen LogP contribution in [0.1, 0.15) is 51.6 Å². The number of urea groups is 1. The first-order valence-corrected chi connectivity index (χ1v) is 12.5. The van der Waals surface area contributed by atoms with E-state index in [2.05, 4.69) is 10.4 Å². The Morgan fingerprint density at radius 1 is 1.06 bits per heavy atom. The number of likely N-dealkylation sites (tertiary alicyclic amines) is 1. The van der Waals surface area contributed by atoms with Gasteiger partial charge in [0.2, 0.25) is 0 Å². The number of aryl methyl sites for hydroxylation is 1. The molecule has 0 atom stereocenters. The summed E-state index contributed by atoms with van der Waals surface area (Å²) in [7, 11) is 0. The highest BCUT2D eigenvalue weighted by Gasteiger charge is 2.30. The van der Waals surface area contributed by atoms with Crippen LogP contribution in [0.25, 0.3) is 11.0 Å². The smallest absolute Gasteiger partial charge is 0.426 e. The molecule has 36 heavy (non-hydrogen) atoms. The predicted molar refractivity (Wildman–Crippen MR) is 139 cm³/mol. The quantitative estimate of drug-likeness (QED) is 0.513. The number of aromatic amines is 1. The van der Waals surface area contributed by atoms with E-state index in [1.807, 2.05) is 54.6 Å². The van der Waals surface area contributed by atoms with Gasteiger partial charge in [0.1, 0.15) is 5.60 Å². The number of hydrogen-bond donors (Lipinski definition) is 2. The van der Waals surface area contributed by atoms with E-state index in [4.69, 9.17) is 4.74 Å². The van der Waals surface area contributed by atoms with Gasteiger partial charge in [-0.1, -0.05) is 42.5 Å². The van der Waals surface area contributed by atoms with Crippen LogP contribution in [0.2, 0.25) is 0 Å². The van der Waals surface area contributed by atoms with Crippen molar-refractivity contribution in [1.82, 2.24) is 24.9 Å². The van der Waals surface area contributed by atoms with E-state index >= 15 is 0 Å². The number of para-hydroxylation sites is 2. The van der Waals surface area contributed by atoms with Crippen LogP contribution >= 0.6 is 0 Å². The normalized spacial score (nSPS) is 14.6. The summed E-state index contributed by atoms with van der Waals surface area (Å²) in [6.07, 6.45) is 2.12. The Kier molecular flexibility index (Phi) is 7.67. The van der Waals surface area contributed by atoms with Gasteiger partial charge in [0.25, 0.3) is 0 Å². The molecule has 0 radical (unpaired) electrons. The fourth-order valence-electron chi connectivity index (χ4n) is 4.62. The van der Waals surface area contributed by atoms with Crippen LogP contribution < -0.4 is 11.1 Å². The number of carbonyl (C=O) groups is 2. The molecule has 9 heteroatoms. The Hall–Kier alpha value is -3.75. The van der Waals surface area contributed by atoms with Gasteiger partial charge < -0.3 is 14.6 Å². The van der Waals surface area contributed by atoms with Crippen molar-refractivity contribution in [3.05, 3.63) is 70.6 Å². The van der Waals surface area contributed by atoms with Crippen LogP contribution in [-0.2, 0) is 11.2 Å². The molecule has 3 amide bonds. The van der Waals surface area contributed by atoms with Gasteiger partial charge in [0.05, 0.1) is 11.0 Å². The minimum atomic E-state index is -0.673. The zero-order valence-electron chi connectivity index (χ0n) is 21.2. The van der Waals surface area contributed by atoms with Crippen LogP contribution in [0.3, 0.4) is 0 Å². The molecule has 1 aromatic heterocycles. The molecule has 0 aliphatic carbocycles. The number of aromatic nitrogens is 2. The summed E-state index contributed by atoms with van der Waals surface area (Å²) in [6, 6.07) is 17.4. The van der Waals surface area contributed by atoms with E-state index in [-0.39, 0.29) is 17.8 Å². The van der Waals surface area contributed by atoms with E-state index in [1.54, 1.807) is 30.2 Å². The van der Waals surface area contributed by atoms with Crippen molar-refractivity contribution < 1.29 is 14.3 Å². The number of rotatable bonds is 5. The molecule has 2 heterocycles. The Morgan fingerprint density at radius 3 is 2.42 bits per heavy atom. The summed E-state index contributed by atoms with van der Waals surface area (Å²) < 4.78 is 7.19. The Morgan fingerprint density at radius 2 is 1.72 bits per heavy atom. The van der Waals surface area contributed by atoms with Crippen LogP contribution in [0.4, 0.5) is 9.59 Å². The summed E-state index contributed by atoms with van der Waals surface area (Å²) in [6.45, 7) is 6.68. The molecule has 1 fully saturated rings. The Labute approximate surface area is 211 Å². The molecule has 1 aliphatic heterocycles. The zero-order valence-corrected chi connectivity index (χ0v) is 21.2. The van der Waals surface area contributed by atoms with Gasteiger partial charge in [0.15, 0.2) is 0 Å². The third-order valence-electron chi connectivity index (χ3n) is 6.27. The maximum absolute atomic E-state index is 13.4. The van der Waals surface area contributed by atoms with Gasteiger partial charge >= 0.3 is 17.8 Å². The topological polar surface area (TPSA) is 99.7 Å². The standard InChI is InChI=1S/C27H35N5O4/c1-27(2,3)36-25(34)29-31(17-9-12-20-10-5-4-6-11-20)26(35)30-18-15-21(16-19-30)32-23-14-8-7-13-22(23)28-24(32)33/h4-8,10-11,13-14,21H,9,12,15-19H2,1-3H3,(H,28,33)(H,29,34). The number of carbonyl (C=O) groups excluding carboxylic acids is 2. The van der Waals surface area contributed by atoms with Crippen molar-refractivity contribution in [3.8, 4) is 0 Å². The van der Waals surface area contributed by atoms with E-state index < -0.39 is 11.7 Å². The predicted octanol–water partition coefficient (Wildman–Crippen LogP) is 4.46. The number of H-pyrrole nitrogens is 1. The molecule has 0 spiro atoms. The second-order valence-corrected chi connectivity index (χ2v) is 10.2. The highest BCUT2D eigenvalue weighted by molar-refractivity contribution is 5.78. The molecule has 9 nitrogen and oxygen atoms in total. The van der Waals surface area contributed by atoms with Crippen LogP contribution in [-0.4, -0.2) is 56.8 Å². The number of nitrogens with zero attached hydrogens (tertiary/aromatic N) is 3. The fraction of sp³-hybridized carbons (Fsp3) is 0.444. The number of hydrazine groups is 1. The lowest BCUT2D eigenvalue weighted by Crippen LogP contribution is -2.55. The number of imidazole rings is 1. The number of hydrogen-bond acceptors (Lipinski definition) is 4. The lowest BCUT2D eigenvalue weighted by atomic mass is 10.0. The molecule has 0 bridgehead atoms. The van der Waals surface area contributed by atoms with Gasteiger partial charge in [-0.3, -0.25) is 4.57 Å². The fourth-order valence-corrected chi connectivity index (χ4v) is 4.62. The van der Waals surface area contributed by atoms with Gasteiger partial charge in [0, 0.05) is 25.7 Å². The zero-order chi connectivity index (χ0) is 25.7. The van der Waals surface area contributed by atoms with E-state index in [0.717, 1.165) is 17.5 Å². The van der Waals surface area contributed by atoms with E-state index in [0.29, 0.717) is 38.9 Å². The largest absolute Gasteiger partial charge is 0.443 e. The highest BCUT2D eigenvalue weighted by Crippen LogP contribution is 2.25. The Bertz CT molecular complexity index is 1240. The van der Waals surface area contributed by atoms with E-state index in [9.17, 15) is 14.4 Å². The second kappa shape index (κ2) is 10.9. The first-order valence-electron chi connectivity index (χ1n) is 12.5. The molecule has 3 aromatic rings. The molecule has 1 aliphatic rings. The van der Waals surface area contributed by atoms with Crippen molar-refractivity contribution in [2.45, 2.75) is 58.1 Å². The van der Waals surface area contributed by atoms with Crippen molar-refractivity contribution in [1.29, 1.82) is 0 Å². The number of piperidine rings is 1. The van der Waals surface area contributed by atoms with Crippen LogP contribution in [0, 0.1) is 0 Å². The highest BCUT2D eigenvalue weighted by atomic mass is 16.6. The molecular weight excluding hydrogens is 458 g/mol. The number of nitrogens with one attached hydrogen (secondary N) is 2. The van der Waals surface area contributed by atoms with Crippen LogP contribution in [0.5, 0.6) is 0 Å². The van der Waals surface area contributed by atoms with Crippen molar-refractivity contribution in [2.24, 2.45) is 0 Å². The third-order valence-corrected chi connectivity index (χ3v) is 6.27. The number of amides is 3. The van der Waals surface area contributed by atoms with Gasteiger partial charge in [-0.15, -0.1) is 0 Å². The number of fused-ring (bicyclic) bond motifs is 1. The first-order chi connectivity index (χ1) is 17.2. The molecule has 1 saturated heterocycles. The molecule has 192 valence electrons. The molecular formula is C27H35N5O4. The maximum atomic E-state index is 13.4. The minimum absolute atomic E-state index is 0.00282. The maximum Gasteiger partial charge on any atom is 0.426 e. The minimum Gasteiger partial charge on any atom is -0.443 e. The summed E-state index contributed by atoms with van der Waals surface area (Å²) in [4.78, 5) is 43.1. The molecule has 2 N–H and O–H groups in total. The van der Waals surface area contributed by atoms with Gasteiger partial charge in [-0.25, -0.2) is 24.8 Å². The molecule has 4 rings (SSSR count). The van der Waals surface area contributed by atoms with Crippen LogP contribution in [0.15, 0.2) is 59.4 Å². The summed E-state index contributed by atoms with van der Waals surface area (Å²) >= 11 is 0. The molecule has 2 aromatic carbocycles. The molecule has 0 saturated carbocycles. The molecule has 0 unspecified atom stereocenters. The van der Waals surface area contributed by atoms with E-state index in [1.165, 1.54) is 10.6 Å². The number of ether oxygens (including phenoxy) is 1. The Balaban J connectivity index is 1.41. The van der Waals surface area contributed by atoms with Gasteiger partial charge in [-0.2, -0.15) is 0 Å². The average Bonchev–Trinajstić information content (AvgIpc) is 3.18. The summed E-state index contributed by atoms with van der Waals surface area (Å²) in [5.74, 6) is 0. The van der Waals surface area contributed by atoms with Crippen molar-refractivity contribution >= 4 is 23.2 Å². The monoisotopic (exact) mass is 493 g/mol. The van der Waals surface area contributed by atoms with Gasteiger partial charge in [-0.05, 0) is 64.2 Å². The van der Waals surface area contributed by atoms with Crippen molar-refractivity contribution in [3.63, 3.8) is 0 Å². The average molecular weight is 494 g/mol. The SMILES string of the molecule is CC(C)(C)OC(=O)NN(CCCc1ccccc1)C(=O)N1CCC(n2c(=O)[nH]c3ccccc32)CC1. The first kappa shape index (κ1) is 25.3.